The Balaban J connectivity index is 1.75. The molecule has 0 nitrogen and oxygen atoms in total. The molecule has 0 saturated heterocycles. The van der Waals surface area contributed by atoms with Crippen LogP contribution in [0.4, 0.5) is 0 Å². The lowest BCUT2D eigenvalue weighted by atomic mass is 10.0. The Morgan fingerprint density at radius 2 is 1.50 bits per heavy atom. The summed E-state index contributed by atoms with van der Waals surface area (Å²) in [4.78, 5) is 0. The highest BCUT2D eigenvalue weighted by molar-refractivity contribution is 7.80. The molecule has 16 heavy (non-hydrogen) atoms. The van der Waals surface area contributed by atoms with Crippen molar-refractivity contribution in [2.75, 3.05) is 5.75 Å². The van der Waals surface area contributed by atoms with Crippen molar-refractivity contribution in [3.63, 3.8) is 0 Å². The standard InChI is InChI=1S/C15H26S/c16-14-10-6-4-2-1-3-5-7-11-15-12-8-9-13-15/h8-9,12,16H,1-7,10-11,13-14H2. The summed E-state index contributed by atoms with van der Waals surface area (Å²) in [5.41, 5.74) is 1.63. The number of unbranched alkanes of at least 4 members (excludes halogenated alkanes) is 7. The molecule has 1 heteroatoms. The zero-order chi connectivity index (χ0) is 11.5. The van der Waals surface area contributed by atoms with E-state index in [2.05, 4.69) is 30.9 Å². The molecule has 1 rings (SSSR count). The number of thiol groups is 1. The summed E-state index contributed by atoms with van der Waals surface area (Å²) in [6.45, 7) is 0. The molecule has 0 aromatic rings. The molecule has 0 aromatic heterocycles. The molecule has 1 aliphatic carbocycles. The van der Waals surface area contributed by atoms with Crippen LogP contribution in [0.5, 0.6) is 0 Å². The van der Waals surface area contributed by atoms with Crippen LogP contribution >= 0.6 is 12.6 Å². The highest BCUT2D eigenvalue weighted by Crippen LogP contribution is 2.18. The van der Waals surface area contributed by atoms with E-state index in [4.69, 9.17) is 0 Å². The molecule has 0 unspecified atom stereocenters. The van der Waals surface area contributed by atoms with Crippen molar-refractivity contribution in [1.29, 1.82) is 0 Å². The van der Waals surface area contributed by atoms with Gasteiger partial charge in [0.2, 0.25) is 0 Å². The Morgan fingerprint density at radius 1 is 0.875 bits per heavy atom. The van der Waals surface area contributed by atoms with Gasteiger partial charge in [0.05, 0.1) is 0 Å². The van der Waals surface area contributed by atoms with Crippen molar-refractivity contribution < 1.29 is 0 Å². The molecule has 0 bridgehead atoms. The summed E-state index contributed by atoms with van der Waals surface area (Å²) in [6.07, 6.45) is 20.5. The fraction of sp³-hybridized carbons (Fsp3) is 0.733. The second kappa shape index (κ2) is 10.0. The van der Waals surface area contributed by atoms with Gasteiger partial charge in [0.25, 0.3) is 0 Å². The molecule has 0 heterocycles. The highest BCUT2D eigenvalue weighted by atomic mass is 32.1. The number of hydrogen-bond acceptors (Lipinski definition) is 1. The lowest BCUT2D eigenvalue weighted by Crippen LogP contribution is -1.83. The zero-order valence-corrected chi connectivity index (χ0v) is 11.4. The Kier molecular flexibility index (Phi) is 8.70. The molecule has 0 fully saturated rings. The molecule has 0 atom stereocenters. The molecular weight excluding hydrogens is 212 g/mol. The average Bonchev–Trinajstić information content (AvgIpc) is 2.80. The molecule has 0 N–H and O–H groups in total. The summed E-state index contributed by atoms with van der Waals surface area (Å²) in [5.74, 6) is 1.06. The van der Waals surface area contributed by atoms with Crippen LogP contribution in [0.3, 0.4) is 0 Å². The number of hydrogen-bond donors (Lipinski definition) is 1. The molecule has 1 aliphatic rings. The van der Waals surface area contributed by atoms with Gasteiger partial charge in [-0.2, -0.15) is 12.6 Å². The van der Waals surface area contributed by atoms with Crippen LogP contribution in [0.2, 0.25) is 0 Å². The minimum atomic E-state index is 1.06. The Morgan fingerprint density at radius 3 is 2.06 bits per heavy atom. The van der Waals surface area contributed by atoms with E-state index in [-0.39, 0.29) is 0 Å². The first-order valence-electron chi connectivity index (χ1n) is 6.89. The van der Waals surface area contributed by atoms with E-state index >= 15 is 0 Å². The lowest BCUT2D eigenvalue weighted by molar-refractivity contribution is 0.575. The minimum Gasteiger partial charge on any atom is -0.179 e. The maximum Gasteiger partial charge on any atom is -0.00979 e. The maximum absolute atomic E-state index is 4.22. The molecule has 0 aliphatic heterocycles. The highest BCUT2D eigenvalue weighted by Gasteiger charge is 1.98. The normalized spacial score (nSPS) is 14.4. The fourth-order valence-electron chi connectivity index (χ4n) is 2.20. The van der Waals surface area contributed by atoms with Crippen LogP contribution in [0.1, 0.15) is 64.2 Å². The van der Waals surface area contributed by atoms with Crippen molar-refractivity contribution in [3.05, 3.63) is 23.8 Å². The van der Waals surface area contributed by atoms with Crippen LogP contribution in [-0.2, 0) is 0 Å². The smallest absolute Gasteiger partial charge is 0.00979 e. The van der Waals surface area contributed by atoms with E-state index in [0.29, 0.717) is 0 Å². The molecule has 92 valence electrons. The van der Waals surface area contributed by atoms with Gasteiger partial charge in [0, 0.05) is 0 Å². The van der Waals surface area contributed by atoms with Crippen LogP contribution in [0, 0.1) is 0 Å². The predicted octanol–water partition coefficient (Wildman–Crippen LogP) is 5.31. The van der Waals surface area contributed by atoms with E-state index < -0.39 is 0 Å². The lowest BCUT2D eigenvalue weighted by Gasteiger charge is -2.03. The van der Waals surface area contributed by atoms with Crippen LogP contribution in [0.25, 0.3) is 0 Å². The summed E-state index contributed by atoms with van der Waals surface area (Å²) >= 11 is 4.22. The minimum absolute atomic E-state index is 1.06. The first-order valence-corrected chi connectivity index (χ1v) is 7.52. The average molecular weight is 238 g/mol. The van der Waals surface area contributed by atoms with Gasteiger partial charge in [-0.1, -0.05) is 62.3 Å². The third-order valence-corrected chi connectivity index (χ3v) is 3.57. The van der Waals surface area contributed by atoms with Crippen molar-refractivity contribution in [3.8, 4) is 0 Å². The number of allylic oxidation sites excluding steroid dienone is 4. The third-order valence-electron chi connectivity index (χ3n) is 3.25. The Bertz CT molecular complexity index is 215. The fourth-order valence-corrected chi connectivity index (χ4v) is 2.43. The van der Waals surface area contributed by atoms with Crippen molar-refractivity contribution >= 4 is 12.6 Å². The first-order chi connectivity index (χ1) is 7.93. The van der Waals surface area contributed by atoms with Crippen molar-refractivity contribution in [2.45, 2.75) is 64.2 Å². The van der Waals surface area contributed by atoms with E-state index in [1.54, 1.807) is 5.57 Å². The molecule has 0 radical (unpaired) electrons. The quantitative estimate of drug-likeness (QED) is 0.387. The SMILES string of the molecule is SCCCCCCCCCCC1=CC=CC1. The molecule has 0 saturated carbocycles. The Hall–Kier alpha value is -0.170. The molecule has 0 spiro atoms. The molecule has 0 amide bonds. The summed E-state index contributed by atoms with van der Waals surface area (Å²) in [7, 11) is 0. The molecule has 0 aromatic carbocycles. The van der Waals surface area contributed by atoms with E-state index in [0.717, 1.165) is 5.75 Å². The van der Waals surface area contributed by atoms with Gasteiger partial charge in [0.15, 0.2) is 0 Å². The van der Waals surface area contributed by atoms with Gasteiger partial charge in [-0.25, -0.2) is 0 Å². The second-order valence-electron chi connectivity index (χ2n) is 4.76. The van der Waals surface area contributed by atoms with Crippen LogP contribution in [0.15, 0.2) is 23.8 Å². The topological polar surface area (TPSA) is 0 Å². The van der Waals surface area contributed by atoms with E-state index in [1.807, 2.05) is 0 Å². The van der Waals surface area contributed by atoms with Crippen LogP contribution < -0.4 is 0 Å². The third kappa shape index (κ3) is 7.16. The van der Waals surface area contributed by atoms with Gasteiger partial charge in [0.1, 0.15) is 0 Å². The monoisotopic (exact) mass is 238 g/mol. The predicted molar refractivity (Wildman–Crippen MR) is 77.2 cm³/mol. The van der Waals surface area contributed by atoms with Crippen molar-refractivity contribution in [1.82, 2.24) is 0 Å². The van der Waals surface area contributed by atoms with Gasteiger partial charge < -0.3 is 0 Å². The summed E-state index contributed by atoms with van der Waals surface area (Å²) in [5, 5.41) is 0. The Labute approximate surface area is 107 Å². The zero-order valence-electron chi connectivity index (χ0n) is 10.5. The maximum atomic E-state index is 4.22. The number of rotatable bonds is 10. The largest absolute Gasteiger partial charge is 0.179 e. The summed E-state index contributed by atoms with van der Waals surface area (Å²) in [6, 6.07) is 0. The second-order valence-corrected chi connectivity index (χ2v) is 5.21. The van der Waals surface area contributed by atoms with Gasteiger partial charge in [-0.15, -0.1) is 0 Å². The van der Waals surface area contributed by atoms with Gasteiger partial charge in [-0.3, -0.25) is 0 Å². The van der Waals surface area contributed by atoms with Crippen LogP contribution in [-0.4, -0.2) is 5.75 Å². The van der Waals surface area contributed by atoms with E-state index in [1.165, 1.54) is 64.2 Å². The first kappa shape index (κ1) is 13.9. The van der Waals surface area contributed by atoms with E-state index in [9.17, 15) is 0 Å². The molecular formula is C15H26S. The van der Waals surface area contributed by atoms with Gasteiger partial charge >= 0.3 is 0 Å². The van der Waals surface area contributed by atoms with Crippen molar-refractivity contribution in [2.24, 2.45) is 0 Å². The van der Waals surface area contributed by atoms with Gasteiger partial charge in [-0.05, 0) is 31.4 Å². The summed E-state index contributed by atoms with van der Waals surface area (Å²) < 4.78 is 0.